The van der Waals surface area contributed by atoms with Gasteiger partial charge in [-0.1, -0.05) is 33.1 Å². The first-order valence-corrected chi connectivity index (χ1v) is 6.23. The largest absolute Gasteiger partial charge is 0.356 e. The minimum Gasteiger partial charge on any atom is -0.356 e. The van der Waals surface area contributed by atoms with Gasteiger partial charge >= 0.3 is 0 Å². The zero-order valence-electron chi connectivity index (χ0n) is 10.3. The number of hydrogen-bond acceptors (Lipinski definition) is 2. The summed E-state index contributed by atoms with van der Waals surface area (Å²) in [6.45, 7) is 7.95. The molecule has 0 saturated heterocycles. The molecule has 0 radical (unpaired) electrons. The third-order valence-corrected chi connectivity index (χ3v) is 3.20. The molecule has 2 nitrogen and oxygen atoms in total. The molecule has 1 aliphatic heterocycles. The van der Waals surface area contributed by atoms with Crippen LogP contribution in [0.25, 0.3) is 0 Å². The van der Waals surface area contributed by atoms with Crippen molar-refractivity contribution >= 4 is 6.34 Å². The average Bonchev–Trinajstić information content (AvgIpc) is 2.26. The van der Waals surface area contributed by atoms with Gasteiger partial charge in [0.2, 0.25) is 0 Å². The number of rotatable bonds is 6. The highest BCUT2D eigenvalue weighted by Crippen LogP contribution is 2.16. The van der Waals surface area contributed by atoms with Crippen molar-refractivity contribution in [3.63, 3.8) is 0 Å². The minimum absolute atomic E-state index is 0.512. The second kappa shape index (κ2) is 6.65. The Morgan fingerprint density at radius 1 is 1.40 bits per heavy atom. The molecule has 1 heterocycles. The predicted molar refractivity (Wildman–Crippen MR) is 67.1 cm³/mol. The first-order chi connectivity index (χ1) is 7.27. The Labute approximate surface area is 94.1 Å². The van der Waals surface area contributed by atoms with E-state index in [4.69, 9.17) is 0 Å². The van der Waals surface area contributed by atoms with Crippen LogP contribution in [0.4, 0.5) is 0 Å². The zero-order chi connectivity index (χ0) is 11.1. The van der Waals surface area contributed by atoms with Crippen LogP contribution in [0.5, 0.6) is 0 Å². The van der Waals surface area contributed by atoms with E-state index in [-0.39, 0.29) is 0 Å². The molecule has 15 heavy (non-hydrogen) atoms. The van der Waals surface area contributed by atoms with Crippen molar-refractivity contribution in [2.24, 2.45) is 10.9 Å². The van der Waals surface area contributed by atoms with Crippen molar-refractivity contribution in [3.8, 4) is 0 Å². The van der Waals surface area contributed by atoms with E-state index in [2.05, 4.69) is 36.7 Å². The molecular weight excluding hydrogens is 184 g/mol. The molecular formula is C13H24N2. The Bertz CT molecular complexity index is 221. The molecule has 1 aliphatic rings. The van der Waals surface area contributed by atoms with E-state index < -0.39 is 0 Å². The first-order valence-electron chi connectivity index (χ1n) is 6.23. The minimum atomic E-state index is 0.512. The van der Waals surface area contributed by atoms with Gasteiger partial charge < -0.3 is 4.90 Å². The van der Waals surface area contributed by atoms with Crippen LogP contribution in [0.2, 0.25) is 0 Å². The van der Waals surface area contributed by atoms with E-state index in [0.29, 0.717) is 6.04 Å². The molecule has 0 bridgehead atoms. The summed E-state index contributed by atoms with van der Waals surface area (Å²) in [7, 11) is 0. The van der Waals surface area contributed by atoms with Crippen molar-refractivity contribution in [1.82, 2.24) is 4.90 Å². The lowest BCUT2D eigenvalue weighted by Gasteiger charge is -2.30. The van der Waals surface area contributed by atoms with Crippen molar-refractivity contribution in [3.05, 3.63) is 12.3 Å². The van der Waals surface area contributed by atoms with E-state index in [1.807, 2.05) is 12.5 Å². The maximum Gasteiger partial charge on any atom is 0.0909 e. The Morgan fingerprint density at radius 2 is 2.20 bits per heavy atom. The second-order valence-electron chi connectivity index (χ2n) is 4.46. The van der Waals surface area contributed by atoms with E-state index in [1.165, 1.54) is 25.7 Å². The maximum atomic E-state index is 4.20. The zero-order valence-corrected chi connectivity index (χ0v) is 10.3. The van der Waals surface area contributed by atoms with Crippen LogP contribution in [-0.4, -0.2) is 23.8 Å². The highest BCUT2D eigenvalue weighted by molar-refractivity contribution is 5.58. The highest BCUT2D eigenvalue weighted by atomic mass is 15.2. The average molecular weight is 208 g/mol. The van der Waals surface area contributed by atoms with E-state index in [0.717, 1.165) is 12.5 Å². The molecule has 2 heteroatoms. The highest BCUT2D eigenvalue weighted by Gasteiger charge is 2.14. The lowest BCUT2D eigenvalue weighted by molar-refractivity contribution is 0.293. The predicted octanol–water partition coefficient (Wildman–Crippen LogP) is 3.45. The fraction of sp³-hybridized carbons (Fsp3) is 0.769. The molecule has 0 aromatic heterocycles. The molecule has 0 aromatic rings. The van der Waals surface area contributed by atoms with E-state index in [1.54, 1.807) is 0 Å². The summed E-state index contributed by atoms with van der Waals surface area (Å²) in [5, 5.41) is 0. The number of unbranched alkanes of at least 4 members (excludes halogenated alkanes) is 1. The summed E-state index contributed by atoms with van der Waals surface area (Å²) in [6, 6.07) is 0.512. The molecule has 0 amide bonds. The van der Waals surface area contributed by atoms with Gasteiger partial charge in [0.05, 0.1) is 6.34 Å². The summed E-state index contributed by atoms with van der Waals surface area (Å²) >= 11 is 0. The second-order valence-corrected chi connectivity index (χ2v) is 4.46. The Balaban J connectivity index is 2.37. The molecule has 0 fully saturated rings. The van der Waals surface area contributed by atoms with E-state index >= 15 is 0 Å². The number of nitrogens with zero attached hydrogens (tertiary/aromatic N) is 2. The van der Waals surface area contributed by atoms with Gasteiger partial charge in [-0.2, -0.15) is 0 Å². The van der Waals surface area contributed by atoms with Crippen molar-refractivity contribution in [2.45, 2.75) is 52.5 Å². The van der Waals surface area contributed by atoms with Crippen LogP contribution in [0.15, 0.2) is 17.3 Å². The maximum absolute atomic E-state index is 4.20. The molecule has 2 atom stereocenters. The summed E-state index contributed by atoms with van der Waals surface area (Å²) in [6.07, 6.45) is 11.3. The van der Waals surface area contributed by atoms with Crippen LogP contribution >= 0.6 is 0 Å². The van der Waals surface area contributed by atoms with Gasteiger partial charge in [-0.25, -0.2) is 4.99 Å². The van der Waals surface area contributed by atoms with Gasteiger partial charge in [-0.3, -0.25) is 0 Å². The molecule has 1 rings (SSSR count). The number of aliphatic imine (C=N–C) groups is 1. The lowest BCUT2D eigenvalue weighted by Crippen LogP contribution is -2.36. The molecule has 0 aromatic carbocycles. The summed E-state index contributed by atoms with van der Waals surface area (Å²) in [4.78, 5) is 6.55. The third kappa shape index (κ3) is 4.06. The summed E-state index contributed by atoms with van der Waals surface area (Å²) in [5.41, 5.74) is 0. The molecule has 2 unspecified atom stereocenters. The normalized spacial score (nSPS) is 22.1. The van der Waals surface area contributed by atoms with Crippen molar-refractivity contribution < 1.29 is 0 Å². The van der Waals surface area contributed by atoms with Gasteiger partial charge in [-0.05, 0) is 25.3 Å². The fourth-order valence-corrected chi connectivity index (χ4v) is 1.94. The summed E-state index contributed by atoms with van der Waals surface area (Å²) in [5.74, 6) is 0.824. The third-order valence-electron chi connectivity index (χ3n) is 3.20. The SMILES string of the molecule is CCCCC(CC)CN1C=NC=CC1C. The molecule has 0 saturated carbocycles. The quantitative estimate of drug-likeness (QED) is 0.653. The molecule has 0 spiro atoms. The van der Waals surface area contributed by atoms with Crippen LogP contribution in [0.3, 0.4) is 0 Å². The van der Waals surface area contributed by atoms with Crippen LogP contribution < -0.4 is 0 Å². The van der Waals surface area contributed by atoms with Gasteiger partial charge in [0, 0.05) is 18.8 Å². The molecule has 0 aliphatic carbocycles. The summed E-state index contributed by atoms with van der Waals surface area (Å²) < 4.78 is 0. The molecule has 0 N–H and O–H groups in total. The van der Waals surface area contributed by atoms with E-state index in [9.17, 15) is 0 Å². The van der Waals surface area contributed by atoms with Gasteiger partial charge in [-0.15, -0.1) is 0 Å². The topological polar surface area (TPSA) is 15.6 Å². The van der Waals surface area contributed by atoms with Crippen LogP contribution in [0, 0.1) is 5.92 Å². The van der Waals surface area contributed by atoms with Crippen LogP contribution in [-0.2, 0) is 0 Å². The number of hydrogen-bond donors (Lipinski definition) is 0. The lowest BCUT2D eigenvalue weighted by atomic mass is 9.98. The standard InChI is InChI=1S/C13H24N2/c1-4-6-7-13(5-2)10-15-11-14-9-8-12(15)3/h8-9,11-13H,4-7,10H2,1-3H3. The van der Waals surface area contributed by atoms with Gasteiger partial charge in [0.15, 0.2) is 0 Å². The van der Waals surface area contributed by atoms with Crippen molar-refractivity contribution in [1.29, 1.82) is 0 Å². The Morgan fingerprint density at radius 3 is 2.80 bits per heavy atom. The Kier molecular flexibility index (Phi) is 5.44. The fourth-order valence-electron chi connectivity index (χ4n) is 1.94. The molecule has 86 valence electrons. The monoisotopic (exact) mass is 208 g/mol. The van der Waals surface area contributed by atoms with Crippen molar-refractivity contribution in [2.75, 3.05) is 6.54 Å². The Hall–Kier alpha value is -0.790. The van der Waals surface area contributed by atoms with Gasteiger partial charge in [0.1, 0.15) is 0 Å². The smallest absolute Gasteiger partial charge is 0.0909 e. The van der Waals surface area contributed by atoms with Gasteiger partial charge in [0.25, 0.3) is 0 Å². The van der Waals surface area contributed by atoms with Crippen LogP contribution in [0.1, 0.15) is 46.5 Å². The first kappa shape index (κ1) is 12.3.